The number of carbonyl (C=O) groups is 1. The highest BCUT2D eigenvalue weighted by atomic mass is 35.5. The minimum atomic E-state index is 0.00950. The predicted molar refractivity (Wildman–Crippen MR) is 91.0 cm³/mol. The van der Waals surface area contributed by atoms with Crippen molar-refractivity contribution in [1.82, 2.24) is 5.32 Å². The zero-order valence-corrected chi connectivity index (χ0v) is 12.8. The van der Waals surface area contributed by atoms with Gasteiger partial charge < -0.3 is 5.32 Å². The van der Waals surface area contributed by atoms with Gasteiger partial charge in [-0.1, -0.05) is 66.2 Å². The van der Waals surface area contributed by atoms with E-state index in [0.29, 0.717) is 18.0 Å². The van der Waals surface area contributed by atoms with E-state index in [-0.39, 0.29) is 5.91 Å². The molecule has 0 aliphatic rings. The topological polar surface area (TPSA) is 29.1 Å². The van der Waals surface area contributed by atoms with Crippen LogP contribution in [0.4, 0.5) is 0 Å². The van der Waals surface area contributed by atoms with E-state index in [9.17, 15) is 4.79 Å². The Morgan fingerprint density at radius 2 is 1.68 bits per heavy atom. The van der Waals surface area contributed by atoms with Crippen molar-refractivity contribution in [3.05, 3.63) is 82.9 Å². The smallest absolute Gasteiger partial charge is 0.224 e. The summed E-state index contributed by atoms with van der Waals surface area (Å²) in [6.45, 7) is 0.493. The fourth-order valence-corrected chi connectivity index (χ4v) is 2.66. The van der Waals surface area contributed by atoms with E-state index >= 15 is 0 Å². The Kier molecular flexibility index (Phi) is 4.40. The first-order chi connectivity index (χ1) is 10.7. The molecule has 22 heavy (non-hydrogen) atoms. The first-order valence-corrected chi connectivity index (χ1v) is 7.57. The number of hydrogen-bond donors (Lipinski definition) is 1. The van der Waals surface area contributed by atoms with Crippen LogP contribution in [0.5, 0.6) is 0 Å². The Labute approximate surface area is 134 Å². The third kappa shape index (κ3) is 3.66. The molecule has 110 valence electrons. The van der Waals surface area contributed by atoms with Gasteiger partial charge in [-0.15, -0.1) is 0 Å². The first kappa shape index (κ1) is 14.6. The molecule has 0 fully saturated rings. The average Bonchev–Trinajstić information content (AvgIpc) is 2.53. The molecular formula is C19H16ClNO. The van der Waals surface area contributed by atoms with Crippen molar-refractivity contribution in [3.63, 3.8) is 0 Å². The monoisotopic (exact) mass is 309 g/mol. The Hall–Kier alpha value is -2.32. The lowest BCUT2D eigenvalue weighted by Gasteiger charge is -2.07. The van der Waals surface area contributed by atoms with Crippen LogP contribution in [0.25, 0.3) is 10.8 Å². The molecule has 3 aromatic carbocycles. The van der Waals surface area contributed by atoms with E-state index in [2.05, 4.69) is 29.6 Å². The van der Waals surface area contributed by atoms with Gasteiger partial charge in [0, 0.05) is 11.6 Å². The van der Waals surface area contributed by atoms with Crippen molar-refractivity contribution in [2.24, 2.45) is 0 Å². The first-order valence-electron chi connectivity index (χ1n) is 7.19. The quantitative estimate of drug-likeness (QED) is 0.762. The molecule has 1 N–H and O–H groups in total. The van der Waals surface area contributed by atoms with Crippen molar-refractivity contribution in [2.75, 3.05) is 0 Å². The second kappa shape index (κ2) is 6.63. The highest BCUT2D eigenvalue weighted by Gasteiger charge is 2.04. The number of carbonyl (C=O) groups excluding carboxylic acids is 1. The summed E-state index contributed by atoms with van der Waals surface area (Å²) in [5.74, 6) is 0.00950. The number of halogens is 1. The van der Waals surface area contributed by atoms with Crippen LogP contribution in [0.3, 0.4) is 0 Å². The summed E-state index contributed by atoms with van der Waals surface area (Å²) in [7, 11) is 0. The summed E-state index contributed by atoms with van der Waals surface area (Å²) in [5.41, 5.74) is 2.02. The van der Waals surface area contributed by atoms with Crippen molar-refractivity contribution in [1.29, 1.82) is 0 Å². The Balaban J connectivity index is 1.63. The molecule has 2 nitrogen and oxygen atoms in total. The molecule has 0 spiro atoms. The minimum absolute atomic E-state index is 0.00950. The molecule has 1 amide bonds. The molecule has 3 rings (SSSR count). The molecule has 0 atom stereocenters. The lowest BCUT2D eigenvalue weighted by Crippen LogP contribution is -2.24. The van der Waals surface area contributed by atoms with Gasteiger partial charge >= 0.3 is 0 Å². The SMILES string of the molecule is O=C(Cc1ccc2ccccc2c1)NCc1cccc(Cl)c1. The highest BCUT2D eigenvalue weighted by Crippen LogP contribution is 2.16. The molecule has 0 aromatic heterocycles. The highest BCUT2D eigenvalue weighted by molar-refractivity contribution is 6.30. The van der Waals surface area contributed by atoms with Crippen molar-refractivity contribution < 1.29 is 4.79 Å². The van der Waals surface area contributed by atoms with Crippen LogP contribution in [0, 0.1) is 0 Å². The largest absolute Gasteiger partial charge is 0.352 e. The van der Waals surface area contributed by atoms with Crippen LogP contribution in [0.1, 0.15) is 11.1 Å². The van der Waals surface area contributed by atoms with E-state index < -0.39 is 0 Å². The number of hydrogen-bond acceptors (Lipinski definition) is 1. The number of amides is 1. The molecule has 3 heteroatoms. The van der Waals surface area contributed by atoms with Crippen molar-refractivity contribution in [2.45, 2.75) is 13.0 Å². The molecule has 0 heterocycles. The van der Waals surface area contributed by atoms with E-state index in [1.807, 2.05) is 42.5 Å². The van der Waals surface area contributed by atoms with Gasteiger partial charge in [0.2, 0.25) is 5.91 Å². The second-order valence-corrected chi connectivity index (χ2v) is 5.70. The molecule has 0 saturated heterocycles. The van der Waals surface area contributed by atoms with Crippen LogP contribution >= 0.6 is 11.6 Å². The molecule has 0 aliphatic carbocycles. The molecule has 0 saturated carbocycles. The van der Waals surface area contributed by atoms with Gasteiger partial charge in [-0.25, -0.2) is 0 Å². The maximum Gasteiger partial charge on any atom is 0.224 e. The summed E-state index contributed by atoms with van der Waals surface area (Å²) in [6, 6.07) is 21.8. The average molecular weight is 310 g/mol. The molecule has 0 bridgehead atoms. The van der Waals surface area contributed by atoms with Crippen LogP contribution in [-0.4, -0.2) is 5.91 Å². The molecule has 0 aliphatic heterocycles. The van der Waals surface area contributed by atoms with Gasteiger partial charge in [0.05, 0.1) is 6.42 Å². The van der Waals surface area contributed by atoms with Crippen LogP contribution in [0.2, 0.25) is 5.02 Å². The lowest BCUT2D eigenvalue weighted by atomic mass is 10.0. The maximum atomic E-state index is 12.1. The van der Waals surface area contributed by atoms with Crippen LogP contribution in [0.15, 0.2) is 66.7 Å². The normalized spacial score (nSPS) is 10.6. The van der Waals surface area contributed by atoms with Gasteiger partial charge in [-0.3, -0.25) is 4.79 Å². The summed E-state index contributed by atoms with van der Waals surface area (Å²) >= 11 is 5.93. The van der Waals surface area contributed by atoms with Gasteiger partial charge in [-0.2, -0.15) is 0 Å². The third-order valence-corrected chi connectivity index (χ3v) is 3.79. The van der Waals surface area contributed by atoms with E-state index in [1.165, 1.54) is 5.39 Å². The van der Waals surface area contributed by atoms with Crippen LogP contribution < -0.4 is 5.32 Å². The summed E-state index contributed by atoms with van der Waals surface area (Å²) in [5, 5.41) is 5.95. The third-order valence-electron chi connectivity index (χ3n) is 3.56. The standard InChI is InChI=1S/C19H16ClNO/c20-18-7-3-4-15(11-18)13-21-19(22)12-14-8-9-16-5-1-2-6-17(16)10-14/h1-11H,12-13H2,(H,21,22). The van der Waals surface area contributed by atoms with Crippen LogP contribution in [-0.2, 0) is 17.8 Å². The molecule has 3 aromatic rings. The maximum absolute atomic E-state index is 12.1. The van der Waals surface area contributed by atoms with Gasteiger partial charge in [-0.05, 0) is 34.0 Å². The second-order valence-electron chi connectivity index (χ2n) is 5.26. The number of fused-ring (bicyclic) bond motifs is 1. The summed E-state index contributed by atoms with van der Waals surface area (Å²) in [4.78, 5) is 12.1. The Bertz CT molecular complexity index is 813. The number of nitrogens with one attached hydrogen (secondary N) is 1. The summed E-state index contributed by atoms with van der Waals surface area (Å²) in [6.07, 6.45) is 0.380. The lowest BCUT2D eigenvalue weighted by molar-refractivity contribution is -0.120. The van der Waals surface area contributed by atoms with Gasteiger partial charge in [0.1, 0.15) is 0 Å². The van der Waals surface area contributed by atoms with Crippen molar-refractivity contribution >= 4 is 28.3 Å². The number of rotatable bonds is 4. The molecule has 0 unspecified atom stereocenters. The van der Waals surface area contributed by atoms with E-state index in [1.54, 1.807) is 0 Å². The van der Waals surface area contributed by atoms with E-state index in [0.717, 1.165) is 16.5 Å². The number of benzene rings is 3. The predicted octanol–water partition coefficient (Wildman–Crippen LogP) is 4.35. The summed E-state index contributed by atoms with van der Waals surface area (Å²) < 4.78 is 0. The molecular weight excluding hydrogens is 294 g/mol. The Morgan fingerprint density at radius 3 is 2.50 bits per heavy atom. The van der Waals surface area contributed by atoms with E-state index in [4.69, 9.17) is 11.6 Å². The minimum Gasteiger partial charge on any atom is -0.352 e. The Morgan fingerprint density at radius 1 is 0.864 bits per heavy atom. The zero-order valence-electron chi connectivity index (χ0n) is 12.1. The van der Waals surface area contributed by atoms with Gasteiger partial charge in [0.25, 0.3) is 0 Å². The molecule has 0 radical (unpaired) electrons. The van der Waals surface area contributed by atoms with Crippen molar-refractivity contribution in [3.8, 4) is 0 Å². The zero-order chi connectivity index (χ0) is 15.4. The fourth-order valence-electron chi connectivity index (χ4n) is 2.44. The fraction of sp³-hybridized carbons (Fsp3) is 0.105. The van der Waals surface area contributed by atoms with Gasteiger partial charge in [0.15, 0.2) is 0 Å².